The Balaban J connectivity index is 2.34. The number of aromatic nitrogens is 1. The number of benzene rings is 1. The Morgan fingerprint density at radius 3 is 2.48 bits per heavy atom. The molecule has 4 nitrogen and oxygen atoms in total. The van der Waals surface area contributed by atoms with Crippen LogP contribution < -0.4 is 4.90 Å². The molecule has 27 heavy (non-hydrogen) atoms. The molecule has 0 bridgehead atoms. The average Bonchev–Trinajstić information content (AvgIpc) is 2.49. The molecule has 1 aromatic carbocycles. The van der Waals surface area contributed by atoms with Crippen molar-refractivity contribution >= 4 is 61.2 Å². The van der Waals surface area contributed by atoms with Crippen LogP contribution in [0.25, 0.3) is 10.8 Å². The Bertz CT molecular complexity index is 838. The molecule has 1 amide bonds. The summed E-state index contributed by atoms with van der Waals surface area (Å²) in [7, 11) is 0. The minimum absolute atomic E-state index is 0.138. The summed E-state index contributed by atoms with van der Waals surface area (Å²) in [5.41, 5.74) is -0.767. The van der Waals surface area contributed by atoms with Crippen LogP contribution in [0.15, 0.2) is 28.9 Å². The molecule has 0 fully saturated rings. The predicted octanol–water partition coefficient (Wildman–Crippen LogP) is 6.69. The highest BCUT2D eigenvalue weighted by atomic mass is 127. The van der Waals surface area contributed by atoms with Crippen LogP contribution in [-0.2, 0) is 4.74 Å². The minimum atomic E-state index is -4.28. The van der Waals surface area contributed by atoms with Crippen molar-refractivity contribution in [2.75, 3.05) is 11.4 Å². The zero-order valence-electron chi connectivity index (χ0n) is 15.0. The van der Waals surface area contributed by atoms with E-state index in [0.717, 1.165) is 23.7 Å². The van der Waals surface area contributed by atoms with Crippen LogP contribution in [0.3, 0.4) is 0 Å². The molecule has 2 rings (SSSR count). The zero-order valence-corrected chi connectivity index (χ0v) is 18.8. The third-order valence-electron chi connectivity index (χ3n) is 3.48. The number of nitrogens with zero attached hydrogens (tertiary/aromatic N) is 2. The van der Waals surface area contributed by atoms with Crippen LogP contribution in [0.4, 0.5) is 23.8 Å². The molecule has 0 radical (unpaired) electrons. The third-order valence-corrected chi connectivity index (χ3v) is 5.77. The second-order valence-corrected chi connectivity index (χ2v) is 9.02. The average molecular weight is 559 g/mol. The topological polar surface area (TPSA) is 42.4 Å². The molecule has 0 aliphatic rings. The van der Waals surface area contributed by atoms with E-state index in [-0.39, 0.29) is 18.8 Å². The summed E-state index contributed by atoms with van der Waals surface area (Å²) in [6.45, 7) is 4.96. The Labute approximate surface area is 177 Å². The molecule has 0 unspecified atom stereocenters. The number of carbonyl (C=O) groups excluding carboxylic acids is 1. The number of ether oxygens (including phenoxy) is 1. The molecule has 0 aliphatic carbocycles. The predicted molar refractivity (Wildman–Crippen MR) is 111 cm³/mol. The summed E-state index contributed by atoms with van der Waals surface area (Å²) in [6, 6.07) is 5.49. The number of halogens is 5. The van der Waals surface area contributed by atoms with E-state index in [1.807, 2.05) is 12.1 Å². The van der Waals surface area contributed by atoms with E-state index >= 15 is 0 Å². The van der Waals surface area contributed by atoms with Gasteiger partial charge in [-0.2, -0.15) is 13.2 Å². The molecule has 1 aromatic heterocycles. The maximum absolute atomic E-state index is 12.5. The SMILES string of the molecule is CC(C)(C)OC(=O)N(CCCC(F)(F)F)c1cc2cc(I)c(Br)cc2cn1. The van der Waals surface area contributed by atoms with Crippen molar-refractivity contribution in [2.24, 2.45) is 0 Å². The van der Waals surface area contributed by atoms with Crippen LogP contribution in [-0.4, -0.2) is 29.4 Å². The molecular formula is C18H19BrF3IN2O2. The fraction of sp³-hybridized carbons (Fsp3) is 0.444. The second-order valence-electron chi connectivity index (χ2n) is 7.01. The lowest BCUT2D eigenvalue weighted by Crippen LogP contribution is -2.38. The molecule has 0 saturated carbocycles. The molecule has 1 heterocycles. The number of fused-ring (bicyclic) bond motifs is 1. The number of alkyl halides is 3. The van der Waals surface area contributed by atoms with Crippen molar-refractivity contribution in [2.45, 2.75) is 45.4 Å². The van der Waals surface area contributed by atoms with Crippen molar-refractivity contribution < 1.29 is 22.7 Å². The van der Waals surface area contributed by atoms with Gasteiger partial charge < -0.3 is 4.74 Å². The van der Waals surface area contributed by atoms with E-state index in [1.165, 1.54) is 0 Å². The Morgan fingerprint density at radius 2 is 1.89 bits per heavy atom. The van der Waals surface area contributed by atoms with Gasteiger partial charge in [-0.25, -0.2) is 9.78 Å². The van der Waals surface area contributed by atoms with Gasteiger partial charge in [-0.05, 0) is 89.3 Å². The summed E-state index contributed by atoms with van der Waals surface area (Å²) >= 11 is 5.61. The van der Waals surface area contributed by atoms with E-state index < -0.39 is 24.3 Å². The van der Waals surface area contributed by atoms with Gasteiger partial charge in [0.25, 0.3) is 0 Å². The maximum Gasteiger partial charge on any atom is 0.416 e. The van der Waals surface area contributed by atoms with Gasteiger partial charge in [0, 0.05) is 32.6 Å². The summed E-state index contributed by atoms with van der Waals surface area (Å²) in [6.07, 6.45) is -4.63. The molecule has 0 spiro atoms. The lowest BCUT2D eigenvalue weighted by Gasteiger charge is -2.27. The van der Waals surface area contributed by atoms with Gasteiger partial charge in [0.1, 0.15) is 11.4 Å². The molecule has 2 aromatic rings. The molecule has 0 saturated heterocycles. The van der Waals surface area contributed by atoms with Crippen LogP contribution in [0.5, 0.6) is 0 Å². The van der Waals surface area contributed by atoms with Crippen molar-refractivity contribution in [3.8, 4) is 0 Å². The number of pyridine rings is 1. The number of anilines is 1. The van der Waals surface area contributed by atoms with E-state index in [2.05, 4.69) is 43.5 Å². The Morgan fingerprint density at radius 1 is 1.22 bits per heavy atom. The third kappa shape index (κ3) is 6.78. The van der Waals surface area contributed by atoms with Gasteiger partial charge in [-0.1, -0.05) is 0 Å². The first-order valence-electron chi connectivity index (χ1n) is 8.18. The molecule has 9 heteroatoms. The molecule has 0 aliphatic heterocycles. The number of amides is 1. The molecular weight excluding hydrogens is 540 g/mol. The van der Waals surface area contributed by atoms with E-state index in [1.54, 1.807) is 33.0 Å². The highest BCUT2D eigenvalue weighted by Gasteiger charge is 2.29. The molecule has 0 atom stereocenters. The van der Waals surface area contributed by atoms with Crippen LogP contribution in [0.2, 0.25) is 0 Å². The first-order chi connectivity index (χ1) is 12.4. The standard InChI is InChI=1S/C18H19BrF3IN2O2/c1-17(2,3)27-16(26)25(6-4-5-18(20,21)22)15-9-11-8-14(23)13(19)7-12(11)10-24-15/h7-10H,4-6H2,1-3H3. The summed E-state index contributed by atoms with van der Waals surface area (Å²) in [5, 5.41) is 1.68. The number of carbonyl (C=O) groups is 1. The summed E-state index contributed by atoms with van der Waals surface area (Å²) in [5.74, 6) is 0.261. The number of hydrogen-bond donors (Lipinski definition) is 0. The Hall–Kier alpha value is -1.10. The normalized spacial score (nSPS) is 12.3. The van der Waals surface area contributed by atoms with Gasteiger partial charge in [-0.3, -0.25) is 4.90 Å². The minimum Gasteiger partial charge on any atom is -0.443 e. The molecule has 0 N–H and O–H groups in total. The van der Waals surface area contributed by atoms with E-state index in [4.69, 9.17) is 4.74 Å². The lowest BCUT2D eigenvalue weighted by atomic mass is 10.1. The van der Waals surface area contributed by atoms with Crippen LogP contribution in [0.1, 0.15) is 33.6 Å². The smallest absolute Gasteiger partial charge is 0.416 e. The number of rotatable bonds is 4. The largest absolute Gasteiger partial charge is 0.443 e. The van der Waals surface area contributed by atoms with Gasteiger partial charge in [0.05, 0.1) is 0 Å². The first-order valence-corrected chi connectivity index (χ1v) is 10.0. The van der Waals surface area contributed by atoms with Crippen LogP contribution in [0, 0.1) is 3.57 Å². The van der Waals surface area contributed by atoms with Crippen molar-refractivity contribution in [3.05, 3.63) is 32.4 Å². The van der Waals surface area contributed by atoms with Gasteiger partial charge in [0.15, 0.2) is 0 Å². The van der Waals surface area contributed by atoms with Crippen LogP contribution >= 0.6 is 38.5 Å². The summed E-state index contributed by atoms with van der Waals surface area (Å²) < 4.78 is 44.8. The molecule has 148 valence electrons. The van der Waals surface area contributed by atoms with Crippen molar-refractivity contribution in [1.29, 1.82) is 0 Å². The second kappa shape index (κ2) is 8.50. The number of hydrogen-bond acceptors (Lipinski definition) is 3. The summed E-state index contributed by atoms with van der Waals surface area (Å²) in [4.78, 5) is 18.0. The monoisotopic (exact) mass is 558 g/mol. The van der Waals surface area contributed by atoms with E-state index in [9.17, 15) is 18.0 Å². The first kappa shape index (κ1) is 22.2. The van der Waals surface area contributed by atoms with Crippen molar-refractivity contribution in [3.63, 3.8) is 0 Å². The van der Waals surface area contributed by atoms with Gasteiger partial charge in [-0.15, -0.1) is 0 Å². The van der Waals surface area contributed by atoms with Gasteiger partial charge in [0.2, 0.25) is 0 Å². The highest BCUT2D eigenvalue weighted by Crippen LogP contribution is 2.29. The van der Waals surface area contributed by atoms with Crippen molar-refractivity contribution in [1.82, 2.24) is 4.98 Å². The zero-order chi connectivity index (χ0) is 20.4. The fourth-order valence-electron chi connectivity index (χ4n) is 2.33. The maximum atomic E-state index is 12.5. The highest BCUT2D eigenvalue weighted by molar-refractivity contribution is 14.1. The fourth-order valence-corrected chi connectivity index (χ4v) is 3.18. The quantitative estimate of drug-likeness (QED) is 0.393. The Kier molecular flexibility index (Phi) is 6.99. The lowest BCUT2D eigenvalue weighted by molar-refractivity contribution is -0.135. The van der Waals surface area contributed by atoms with E-state index in [0.29, 0.717) is 0 Å². The van der Waals surface area contributed by atoms with Gasteiger partial charge >= 0.3 is 12.3 Å².